The molecule has 0 amide bonds. The molecule has 0 spiro atoms. The second-order valence-corrected chi connectivity index (χ2v) is 1.77. The fourth-order valence-corrected chi connectivity index (χ4v) is 0.449. The molecule has 0 aromatic heterocycles. The van der Waals surface area contributed by atoms with Gasteiger partial charge in [-0.3, -0.25) is 5.21 Å². The van der Waals surface area contributed by atoms with Crippen molar-refractivity contribution in [3.05, 3.63) is 0 Å². The summed E-state index contributed by atoms with van der Waals surface area (Å²) in [5.74, 6) is 0. The van der Waals surface area contributed by atoms with Crippen LogP contribution in [0.5, 0.6) is 0 Å². The molecule has 1 N–H and O–H groups in total. The van der Waals surface area contributed by atoms with Crippen molar-refractivity contribution in [2.24, 2.45) is 0 Å². The van der Waals surface area contributed by atoms with Crippen LogP contribution in [0.1, 0.15) is 26.7 Å². The Hall–Kier alpha value is -0.530. The molecule has 2 nitrogen and oxygen atoms in total. The second-order valence-electron chi connectivity index (χ2n) is 1.77. The van der Waals surface area contributed by atoms with Crippen LogP contribution in [0.3, 0.4) is 0 Å². The van der Waals surface area contributed by atoms with Crippen molar-refractivity contribution in [2.75, 3.05) is 6.54 Å². The summed E-state index contributed by atoms with van der Waals surface area (Å²) in [6.07, 6.45) is 3.85. The third kappa shape index (κ3) is 3.65. The van der Waals surface area contributed by atoms with E-state index in [4.69, 9.17) is 5.21 Å². The Kier molecular flexibility index (Phi) is 4.32. The normalized spacial score (nSPS) is 12.0. The zero-order valence-electron chi connectivity index (χ0n) is 5.59. The maximum absolute atomic E-state index is 8.77. The Bertz CT molecular complexity index is 78.6. The molecule has 0 aromatic carbocycles. The van der Waals surface area contributed by atoms with E-state index in [1.54, 1.807) is 6.21 Å². The van der Waals surface area contributed by atoms with Gasteiger partial charge in [0.2, 0.25) is 0 Å². The summed E-state index contributed by atoms with van der Waals surface area (Å²) < 4.78 is 1.21. The molecule has 0 aliphatic rings. The van der Waals surface area contributed by atoms with Gasteiger partial charge in [0.15, 0.2) is 12.8 Å². The van der Waals surface area contributed by atoms with E-state index < -0.39 is 0 Å². The Labute approximate surface area is 50.4 Å². The summed E-state index contributed by atoms with van der Waals surface area (Å²) in [6.45, 7) is 4.67. The minimum Gasteiger partial charge on any atom is -0.291 e. The Morgan fingerprint density at radius 2 is 2.25 bits per heavy atom. The van der Waals surface area contributed by atoms with E-state index in [2.05, 4.69) is 6.92 Å². The third-order valence-corrected chi connectivity index (χ3v) is 1.04. The SMILES string of the molecule is CC=[N+](O)CCCC. The lowest BCUT2D eigenvalue weighted by Gasteiger charge is -1.87. The molecule has 0 saturated carbocycles. The van der Waals surface area contributed by atoms with Gasteiger partial charge in [-0.2, -0.15) is 0 Å². The molecule has 0 atom stereocenters. The van der Waals surface area contributed by atoms with Gasteiger partial charge < -0.3 is 0 Å². The number of hydroxylamine groups is 1. The molecule has 48 valence electrons. The number of unbranched alkanes of at least 4 members (excludes halogenated alkanes) is 1. The van der Waals surface area contributed by atoms with E-state index in [-0.39, 0.29) is 0 Å². The summed E-state index contributed by atoms with van der Waals surface area (Å²) >= 11 is 0. The largest absolute Gasteiger partial charge is 0.291 e. The highest BCUT2D eigenvalue weighted by molar-refractivity contribution is 5.46. The van der Waals surface area contributed by atoms with Crippen molar-refractivity contribution in [1.29, 1.82) is 0 Å². The van der Waals surface area contributed by atoms with Gasteiger partial charge in [0, 0.05) is 13.3 Å². The summed E-state index contributed by atoms with van der Waals surface area (Å²) in [5, 5.41) is 8.77. The highest BCUT2D eigenvalue weighted by Gasteiger charge is 1.93. The lowest BCUT2D eigenvalue weighted by atomic mass is 10.3. The van der Waals surface area contributed by atoms with Crippen LogP contribution < -0.4 is 0 Å². The molecule has 0 radical (unpaired) electrons. The Morgan fingerprint density at radius 1 is 1.62 bits per heavy atom. The number of rotatable bonds is 3. The predicted molar refractivity (Wildman–Crippen MR) is 33.6 cm³/mol. The predicted octanol–water partition coefficient (Wildman–Crippen LogP) is 1.28. The molecular weight excluding hydrogens is 102 g/mol. The van der Waals surface area contributed by atoms with Crippen LogP contribution in [-0.2, 0) is 0 Å². The van der Waals surface area contributed by atoms with Crippen molar-refractivity contribution in [2.45, 2.75) is 26.7 Å². The molecule has 0 fully saturated rings. The summed E-state index contributed by atoms with van der Waals surface area (Å²) in [6, 6.07) is 0. The summed E-state index contributed by atoms with van der Waals surface area (Å²) in [5.41, 5.74) is 0. The molecule has 0 saturated heterocycles. The van der Waals surface area contributed by atoms with Gasteiger partial charge in [0.25, 0.3) is 0 Å². The first-order valence-electron chi connectivity index (χ1n) is 3.06. The van der Waals surface area contributed by atoms with Gasteiger partial charge in [0.1, 0.15) is 0 Å². The van der Waals surface area contributed by atoms with E-state index in [0.29, 0.717) is 0 Å². The van der Waals surface area contributed by atoms with E-state index in [1.807, 2.05) is 6.92 Å². The zero-order valence-corrected chi connectivity index (χ0v) is 5.59. The van der Waals surface area contributed by atoms with Gasteiger partial charge in [-0.05, 0) is 11.2 Å². The van der Waals surface area contributed by atoms with E-state index in [9.17, 15) is 0 Å². The molecule has 0 aliphatic heterocycles. The van der Waals surface area contributed by atoms with Crippen LogP contribution in [0.2, 0.25) is 0 Å². The van der Waals surface area contributed by atoms with Crippen molar-refractivity contribution in [1.82, 2.24) is 0 Å². The first-order valence-corrected chi connectivity index (χ1v) is 3.06. The quantitative estimate of drug-likeness (QED) is 0.255. The van der Waals surface area contributed by atoms with Crippen LogP contribution in [0.15, 0.2) is 0 Å². The summed E-state index contributed by atoms with van der Waals surface area (Å²) in [7, 11) is 0. The maximum atomic E-state index is 8.77. The third-order valence-electron chi connectivity index (χ3n) is 1.04. The van der Waals surface area contributed by atoms with E-state index >= 15 is 0 Å². The van der Waals surface area contributed by atoms with Crippen molar-refractivity contribution in [3.63, 3.8) is 0 Å². The van der Waals surface area contributed by atoms with Gasteiger partial charge in [-0.1, -0.05) is 6.92 Å². The lowest BCUT2D eigenvalue weighted by molar-refractivity contribution is -0.771. The zero-order chi connectivity index (χ0) is 6.41. The monoisotopic (exact) mass is 116 g/mol. The first kappa shape index (κ1) is 7.47. The highest BCUT2D eigenvalue weighted by atomic mass is 16.5. The van der Waals surface area contributed by atoms with Crippen LogP contribution >= 0.6 is 0 Å². The van der Waals surface area contributed by atoms with E-state index in [1.165, 1.54) is 4.74 Å². The molecular formula is C6H14NO+. The van der Waals surface area contributed by atoms with Crippen molar-refractivity contribution in [3.8, 4) is 0 Å². The molecule has 0 aromatic rings. The minimum absolute atomic E-state index is 0.757. The molecule has 0 rings (SSSR count). The fourth-order valence-electron chi connectivity index (χ4n) is 0.449. The molecule has 0 unspecified atom stereocenters. The van der Waals surface area contributed by atoms with Gasteiger partial charge in [-0.15, -0.1) is 0 Å². The average Bonchev–Trinajstić information content (AvgIpc) is 1.83. The van der Waals surface area contributed by atoms with E-state index in [0.717, 1.165) is 19.4 Å². The highest BCUT2D eigenvalue weighted by Crippen LogP contribution is 1.83. The molecule has 0 aliphatic carbocycles. The Morgan fingerprint density at radius 3 is 2.62 bits per heavy atom. The topological polar surface area (TPSA) is 23.2 Å². The molecule has 8 heavy (non-hydrogen) atoms. The molecule has 0 heterocycles. The van der Waals surface area contributed by atoms with Gasteiger partial charge >= 0.3 is 0 Å². The standard InChI is InChI=1S/C6H14NO/c1-3-5-6-7(8)4-2/h4,8H,3,5-6H2,1-2H3/q+1. The van der Waals surface area contributed by atoms with Crippen LogP contribution in [0.25, 0.3) is 0 Å². The average molecular weight is 116 g/mol. The number of nitrogens with zero attached hydrogens (tertiary/aromatic N) is 1. The molecule has 0 bridgehead atoms. The van der Waals surface area contributed by atoms with Crippen LogP contribution in [-0.4, -0.2) is 22.7 Å². The van der Waals surface area contributed by atoms with Crippen molar-refractivity contribution >= 4 is 6.21 Å². The lowest BCUT2D eigenvalue weighted by Crippen LogP contribution is -2.07. The first-order chi connectivity index (χ1) is 3.81. The van der Waals surface area contributed by atoms with Crippen molar-refractivity contribution < 1.29 is 9.95 Å². The van der Waals surface area contributed by atoms with Crippen LogP contribution in [0.4, 0.5) is 0 Å². The second kappa shape index (κ2) is 4.62. The number of hydrogen-bond donors (Lipinski definition) is 1. The Balaban J connectivity index is 3.12. The van der Waals surface area contributed by atoms with Crippen LogP contribution in [0, 0.1) is 0 Å². The summed E-state index contributed by atoms with van der Waals surface area (Å²) in [4.78, 5) is 0. The minimum atomic E-state index is 0.757. The fraction of sp³-hybridized carbons (Fsp3) is 0.833. The maximum Gasteiger partial charge on any atom is 0.192 e. The van der Waals surface area contributed by atoms with Gasteiger partial charge in [-0.25, -0.2) is 0 Å². The number of hydrogen-bond acceptors (Lipinski definition) is 1. The van der Waals surface area contributed by atoms with Gasteiger partial charge in [0.05, 0.1) is 0 Å². The smallest absolute Gasteiger partial charge is 0.192 e. The molecule has 2 heteroatoms.